The molecule has 0 saturated carbocycles. The van der Waals surface area contributed by atoms with Crippen molar-refractivity contribution >= 4 is 83.2 Å². The van der Waals surface area contributed by atoms with Gasteiger partial charge in [-0.25, -0.2) is 19.1 Å². The Balaban J connectivity index is 0.000000209. The lowest BCUT2D eigenvalue weighted by Crippen LogP contribution is -2.44. The maximum Gasteiger partial charge on any atom is 0.459 e. The highest BCUT2D eigenvalue weighted by Crippen LogP contribution is 2.51. The number of hydrogen-bond donors (Lipinski definition) is 8. The van der Waals surface area contributed by atoms with Crippen molar-refractivity contribution in [2.45, 2.75) is 114 Å². The summed E-state index contributed by atoms with van der Waals surface area (Å²) in [6, 6.07) is 22.9. The lowest BCUT2D eigenvalue weighted by Gasteiger charge is -2.27. The molecule has 8 N–H and O–H groups in total. The van der Waals surface area contributed by atoms with Crippen LogP contribution in [-0.2, 0) is 46.7 Å². The average Bonchev–Trinajstić information content (AvgIpc) is 1.60. The van der Waals surface area contributed by atoms with Crippen molar-refractivity contribution in [2.24, 2.45) is 0 Å². The van der Waals surface area contributed by atoms with E-state index in [0.717, 1.165) is 10.8 Å². The van der Waals surface area contributed by atoms with Gasteiger partial charge in [-0.05, 0) is 76.3 Å². The zero-order valence-corrected chi connectivity index (χ0v) is 55.4. The number of carbonyl (C=O) groups is 2. The molecule has 4 aromatic heterocycles. The number of carbonyl (C=O) groups excluding carboxylic acids is 2. The van der Waals surface area contributed by atoms with Crippen molar-refractivity contribution < 1.29 is 85.7 Å². The Hall–Kier alpha value is -8.48. The molecule has 512 valence electrons. The number of esters is 2. The van der Waals surface area contributed by atoms with E-state index in [0.29, 0.717) is 54.1 Å². The minimum Gasteiger partial charge on any atom is -0.476 e. The predicted molar refractivity (Wildman–Crippen MR) is 353 cm³/mol. The summed E-state index contributed by atoms with van der Waals surface area (Å²) in [5.74, 6) is 0.0333. The zero-order valence-electron chi connectivity index (χ0n) is 53.6. The Morgan fingerprint density at radius 1 is 0.792 bits per heavy atom. The molecule has 12 atom stereocenters. The number of aliphatic hydroxyl groups is 4. The summed E-state index contributed by atoms with van der Waals surface area (Å²) in [6.07, 6.45) is 4.01. The second-order valence-electron chi connectivity index (χ2n) is 22.9. The van der Waals surface area contributed by atoms with Crippen molar-refractivity contribution in [2.75, 3.05) is 64.4 Å². The molecular weight excluding hydrogens is 1290 g/mol. The van der Waals surface area contributed by atoms with Gasteiger partial charge in [0, 0.05) is 24.9 Å². The first kappa shape index (κ1) is 70.3. The van der Waals surface area contributed by atoms with Gasteiger partial charge in [0.15, 0.2) is 34.8 Å². The van der Waals surface area contributed by atoms with Crippen LogP contribution in [0.15, 0.2) is 135 Å². The number of hydrogen-bond acceptors (Lipinski definition) is 26. The van der Waals surface area contributed by atoms with Crippen LogP contribution in [0, 0.1) is 0 Å². The Morgan fingerprint density at radius 3 is 2.03 bits per heavy atom. The number of cyclic esters (lactones) is 1. The highest BCUT2D eigenvalue weighted by atomic mass is 31.2. The summed E-state index contributed by atoms with van der Waals surface area (Å²) in [7, 11) is -5.44. The van der Waals surface area contributed by atoms with Gasteiger partial charge in [0.2, 0.25) is 23.7 Å². The van der Waals surface area contributed by atoms with E-state index < -0.39 is 101 Å². The molecular formula is C64H78N12O18P2. The van der Waals surface area contributed by atoms with E-state index in [1.807, 2.05) is 54.6 Å². The van der Waals surface area contributed by atoms with Crippen molar-refractivity contribution in [3.05, 3.63) is 135 Å². The number of imidazole rings is 2. The zero-order chi connectivity index (χ0) is 68.4. The maximum absolute atomic E-state index is 14.4. The molecule has 32 heteroatoms. The van der Waals surface area contributed by atoms with Crippen LogP contribution in [0.4, 0.5) is 11.9 Å². The average molecular weight is 1370 g/mol. The fourth-order valence-electron chi connectivity index (χ4n) is 10.6. The Morgan fingerprint density at radius 2 is 1.36 bits per heavy atom. The van der Waals surface area contributed by atoms with Gasteiger partial charge in [-0.1, -0.05) is 97.1 Å². The lowest BCUT2D eigenvalue weighted by molar-refractivity contribution is -0.146. The first-order valence-corrected chi connectivity index (χ1v) is 34.0. The van der Waals surface area contributed by atoms with E-state index in [2.05, 4.69) is 63.9 Å². The number of aromatic nitrogens is 8. The summed E-state index contributed by atoms with van der Waals surface area (Å²) < 4.78 is 90.0. The molecule has 3 aliphatic heterocycles. The number of aliphatic hydroxyl groups excluding tert-OH is 2. The number of rotatable bonds is 20. The second kappa shape index (κ2) is 30.7. The van der Waals surface area contributed by atoms with Crippen LogP contribution in [0.2, 0.25) is 0 Å². The standard InChI is InChI=1S/C33H41N6O9P.C31H37N6O9P/c1-6-8-17-44-29-26-28(36-32(34-5)37-29)39(20-35-26)31-33(4,42)27(40)25(47-31)19-46-49(43,38-21(3)30(41)45-18-9-7-2)48-24-16-12-14-22-13-10-11-15-23(22)24;1-19-28(39)43-16-9-5-4-8-15-42-27-24-26(34-30(32-3)35-27)37(18-33-24)29-31(2,40)25(38)23(45-29)17-44-47(41,36-19)46-22-14-10-12-20-11-6-7-13-21(20)22/h6-7,10-16,20-21,25,27,31,40,42H,1-2,8-9,17-19H2,3-5H3,(H,38,43)(H,34,36,37);4-7,10-14,18-19,23,25,29,38,40H,8-9,15-17H2,1-3H3,(H,36,41)(H,32,34,35)/t21-,25?,27+,31?,33+,49?;19-,23?,25+,29?,31+,47?/m00/s1. The molecule has 2 fully saturated rings. The van der Waals surface area contributed by atoms with Crippen LogP contribution in [0.25, 0.3) is 43.9 Å². The number of nitrogens with zero attached hydrogens (tertiary/aromatic N) is 8. The first-order valence-electron chi connectivity index (χ1n) is 30.9. The van der Waals surface area contributed by atoms with Gasteiger partial charge in [0.1, 0.15) is 59.2 Å². The molecule has 11 rings (SSSR count). The number of fused-ring (bicyclic) bond motifs is 6. The van der Waals surface area contributed by atoms with Gasteiger partial charge in [0.05, 0.1) is 52.3 Å². The molecule has 0 amide bonds. The third-order valence-electron chi connectivity index (χ3n) is 15.8. The maximum atomic E-state index is 14.4. The molecule has 7 heterocycles. The van der Waals surface area contributed by atoms with Crippen molar-refractivity contribution in [3.8, 4) is 23.3 Å². The third kappa shape index (κ3) is 15.8. The molecule has 4 aromatic carbocycles. The molecule has 6 bridgehead atoms. The lowest BCUT2D eigenvalue weighted by atomic mass is 9.96. The van der Waals surface area contributed by atoms with Crippen LogP contribution in [0.3, 0.4) is 0 Å². The molecule has 8 aromatic rings. The molecule has 3 aliphatic rings. The topological polar surface area (TPSA) is 377 Å². The summed E-state index contributed by atoms with van der Waals surface area (Å²) in [4.78, 5) is 52.1. The van der Waals surface area contributed by atoms with E-state index >= 15 is 0 Å². The van der Waals surface area contributed by atoms with Gasteiger partial charge < -0.3 is 68.5 Å². The van der Waals surface area contributed by atoms with Gasteiger partial charge in [-0.2, -0.15) is 30.1 Å². The fourth-order valence-corrected chi connectivity index (χ4v) is 13.7. The molecule has 6 unspecified atom stereocenters. The SMILES string of the molecule is C=CCCOC(=O)[C@H](C)NP(=O)(OCC1OC(n2cnc3c(OCCC=C)nc(NC)nc32)[C@](C)(O)[C@@H]1O)Oc1cccc2ccccc12.CNc1nc2c3ncn(c3n1)C1OC(COP(=O)(Oc3cccc4ccccc34)N[C@@H](C)C(=O)OCCC=CCCO2)[C@@H](O)[C@@]1(C)O. The number of ether oxygens (including phenoxy) is 6. The van der Waals surface area contributed by atoms with Gasteiger partial charge in [-0.15, -0.1) is 13.2 Å². The molecule has 2 saturated heterocycles. The Labute approximate surface area is 552 Å². The normalized spacial score (nSPS) is 25.7. The van der Waals surface area contributed by atoms with Crippen LogP contribution >= 0.6 is 15.5 Å². The summed E-state index contributed by atoms with van der Waals surface area (Å²) in [6.45, 7) is 12.8. The molecule has 0 radical (unpaired) electrons. The Kier molecular flexibility index (Phi) is 22.5. The largest absolute Gasteiger partial charge is 0.476 e. The first-order chi connectivity index (χ1) is 46.1. The van der Waals surface area contributed by atoms with E-state index in [-0.39, 0.29) is 66.3 Å². The summed E-state index contributed by atoms with van der Waals surface area (Å²) in [5.41, 5.74) is -2.58. The van der Waals surface area contributed by atoms with Crippen LogP contribution in [-0.4, -0.2) is 173 Å². The van der Waals surface area contributed by atoms with E-state index in [9.17, 15) is 39.1 Å². The minimum absolute atomic E-state index is 0.0889. The predicted octanol–water partition coefficient (Wildman–Crippen LogP) is 7.77. The quantitative estimate of drug-likeness (QED) is 0.0156. The number of anilines is 2. The molecule has 96 heavy (non-hydrogen) atoms. The highest BCUT2D eigenvalue weighted by Gasteiger charge is 2.56. The number of nitrogens with one attached hydrogen (secondary N) is 4. The van der Waals surface area contributed by atoms with Crippen molar-refractivity contribution in [1.82, 2.24) is 49.2 Å². The summed E-state index contributed by atoms with van der Waals surface area (Å²) in [5, 5.41) is 59.6. The van der Waals surface area contributed by atoms with E-state index in [1.165, 1.54) is 49.5 Å². The Bertz CT molecular complexity index is 4200. The van der Waals surface area contributed by atoms with E-state index in [1.54, 1.807) is 68.7 Å². The second-order valence-corrected chi connectivity index (χ2v) is 26.3. The van der Waals surface area contributed by atoms with Crippen molar-refractivity contribution in [3.63, 3.8) is 0 Å². The van der Waals surface area contributed by atoms with Gasteiger partial charge in [0.25, 0.3) is 0 Å². The number of benzene rings is 4. The van der Waals surface area contributed by atoms with Gasteiger partial charge >= 0.3 is 27.4 Å². The minimum atomic E-state index is -4.38. The highest BCUT2D eigenvalue weighted by molar-refractivity contribution is 7.52. The van der Waals surface area contributed by atoms with Crippen LogP contribution in [0.1, 0.15) is 65.8 Å². The molecule has 0 spiro atoms. The third-order valence-corrected chi connectivity index (χ3v) is 19.0. The monoisotopic (exact) mass is 1360 g/mol. The van der Waals surface area contributed by atoms with Gasteiger partial charge in [-0.3, -0.25) is 27.8 Å². The summed E-state index contributed by atoms with van der Waals surface area (Å²) >= 11 is 0. The van der Waals surface area contributed by atoms with Crippen LogP contribution in [0.5, 0.6) is 23.3 Å². The van der Waals surface area contributed by atoms with E-state index in [4.69, 9.17) is 46.5 Å². The fraction of sp³-hybridized carbons (Fsp3) is 0.406. The smallest absolute Gasteiger partial charge is 0.459 e. The molecule has 30 nitrogen and oxygen atoms in total. The molecule has 0 aliphatic carbocycles. The van der Waals surface area contributed by atoms with Crippen LogP contribution < -0.4 is 39.3 Å². The van der Waals surface area contributed by atoms with Crippen molar-refractivity contribution in [1.29, 1.82) is 0 Å².